The largest absolute Gasteiger partial charge is 0.482 e. The second-order valence-electron chi connectivity index (χ2n) is 7.15. The second-order valence-corrected chi connectivity index (χ2v) is 7.15. The van der Waals surface area contributed by atoms with Crippen LogP contribution < -0.4 is 4.74 Å². The van der Waals surface area contributed by atoms with E-state index in [-0.39, 0.29) is 25.2 Å². The Bertz CT molecular complexity index is 790. The molecule has 28 heavy (non-hydrogen) atoms. The molecule has 0 bridgehead atoms. The molecule has 3 rings (SSSR count). The van der Waals surface area contributed by atoms with E-state index in [9.17, 15) is 9.59 Å². The van der Waals surface area contributed by atoms with Crippen molar-refractivity contribution in [3.05, 3.63) is 65.7 Å². The molecular formula is C23H27NO4. The molecule has 5 nitrogen and oxygen atoms in total. The monoisotopic (exact) mass is 381 g/mol. The Kier molecular flexibility index (Phi) is 7.06. The van der Waals surface area contributed by atoms with E-state index >= 15 is 0 Å². The van der Waals surface area contributed by atoms with Crippen molar-refractivity contribution in [2.75, 3.05) is 19.8 Å². The van der Waals surface area contributed by atoms with E-state index < -0.39 is 5.97 Å². The van der Waals surface area contributed by atoms with Gasteiger partial charge in [0.1, 0.15) is 5.75 Å². The average Bonchev–Trinajstić information content (AvgIpc) is 2.72. The maximum Gasteiger partial charge on any atom is 0.344 e. The van der Waals surface area contributed by atoms with Crippen LogP contribution in [-0.2, 0) is 20.7 Å². The van der Waals surface area contributed by atoms with E-state index in [0.29, 0.717) is 5.75 Å². The molecule has 1 amide bonds. The summed E-state index contributed by atoms with van der Waals surface area (Å²) >= 11 is 0. The first kappa shape index (κ1) is 19.9. The first-order valence-corrected chi connectivity index (χ1v) is 9.83. The highest BCUT2D eigenvalue weighted by atomic mass is 16.6. The van der Waals surface area contributed by atoms with Gasteiger partial charge in [0.15, 0.2) is 13.2 Å². The lowest BCUT2D eigenvalue weighted by Crippen LogP contribution is -2.44. The molecule has 0 saturated carbocycles. The van der Waals surface area contributed by atoms with Crippen LogP contribution in [0.4, 0.5) is 0 Å². The lowest BCUT2D eigenvalue weighted by Gasteiger charge is -2.33. The first-order chi connectivity index (χ1) is 13.6. The van der Waals surface area contributed by atoms with Crippen LogP contribution in [0, 0.1) is 0 Å². The van der Waals surface area contributed by atoms with Crippen LogP contribution in [0.25, 0.3) is 0 Å². The number of ether oxygens (including phenoxy) is 2. The van der Waals surface area contributed by atoms with Crippen LogP contribution in [0.3, 0.4) is 0 Å². The summed E-state index contributed by atoms with van der Waals surface area (Å²) in [4.78, 5) is 26.1. The van der Waals surface area contributed by atoms with Gasteiger partial charge in [0.2, 0.25) is 0 Å². The lowest BCUT2D eigenvalue weighted by molar-refractivity contribution is -0.154. The van der Waals surface area contributed by atoms with E-state index in [1.54, 1.807) is 4.90 Å². The van der Waals surface area contributed by atoms with Gasteiger partial charge in [-0.2, -0.15) is 0 Å². The third-order valence-electron chi connectivity index (χ3n) is 5.04. The zero-order valence-corrected chi connectivity index (χ0v) is 16.3. The van der Waals surface area contributed by atoms with Crippen molar-refractivity contribution in [2.24, 2.45) is 0 Å². The number of rotatable bonds is 7. The molecule has 0 N–H and O–H groups in total. The van der Waals surface area contributed by atoms with Crippen LogP contribution in [0.1, 0.15) is 37.3 Å². The van der Waals surface area contributed by atoms with Gasteiger partial charge in [0, 0.05) is 19.0 Å². The SMILES string of the molecule is CC1CCCCN1C(=O)COC(=O)COc1ccccc1Cc1ccccc1. The molecule has 5 heteroatoms. The molecule has 1 aliphatic rings. The van der Waals surface area contributed by atoms with Crippen molar-refractivity contribution in [2.45, 2.75) is 38.6 Å². The summed E-state index contributed by atoms with van der Waals surface area (Å²) < 4.78 is 10.8. The third-order valence-corrected chi connectivity index (χ3v) is 5.04. The molecular weight excluding hydrogens is 354 g/mol. The first-order valence-electron chi connectivity index (χ1n) is 9.83. The summed E-state index contributed by atoms with van der Waals surface area (Å²) in [6, 6.07) is 17.9. The van der Waals surface area contributed by atoms with Gasteiger partial charge in [-0.05, 0) is 43.4 Å². The second kappa shape index (κ2) is 9.93. The molecule has 1 fully saturated rings. The number of carbonyl (C=O) groups excluding carboxylic acids is 2. The molecule has 0 spiro atoms. The minimum atomic E-state index is -0.535. The Morgan fingerprint density at radius 1 is 1.00 bits per heavy atom. The highest BCUT2D eigenvalue weighted by Crippen LogP contribution is 2.21. The van der Waals surface area contributed by atoms with E-state index in [1.165, 1.54) is 5.56 Å². The fraction of sp³-hybridized carbons (Fsp3) is 0.391. The van der Waals surface area contributed by atoms with Crippen LogP contribution in [-0.4, -0.2) is 42.6 Å². The quantitative estimate of drug-likeness (QED) is 0.688. The number of likely N-dealkylation sites (tertiary alicyclic amines) is 1. The summed E-state index contributed by atoms with van der Waals surface area (Å²) in [6.45, 7) is 2.33. The molecule has 1 heterocycles. The molecule has 2 aromatic rings. The Morgan fingerprint density at radius 2 is 1.75 bits per heavy atom. The van der Waals surface area contributed by atoms with Crippen molar-refractivity contribution in [3.8, 4) is 5.75 Å². The number of hydrogen-bond acceptors (Lipinski definition) is 4. The fourth-order valence-electron chi connectivity index (χ4n) is 3.48. The summed E-state index contributed by atoms with van der Waals surface area (Å²) in [5.41, 5.74) is 2.17. The molecule has 1 saturated heterocycles. The van der Waals surface area contributed by atoms with Gasteiger partial charge in [0.05, 0.1) is 0 Å². The molecule has 0 radical (unpaired) electrons. The Balaban J connectivity index is 1.49. The van der Waals surface area contributed by atoms with Crippen molar-refractivity contribution < 1.29 is 19.1 Å². The Hall–Kier alpha value is -2.82. The topological polar surface area (TPSA) is 55.8 Å². The van der Waals surface area contributed by atoms with E-state index in [0.717, 1.165) is 37.8 Å². The lowest BCUT2D eigenvalue weighted by atomic mass is 10.0. The molecule has 0 aromatic heterocycles. The molecule has 1 unspecified atom stereocenters. The minimum Gasteiger partial charge on any atom is -0.482 e. The zero-order valence-electron chi connectivity index (χ0n) is 16.3. The molecule has 2 aromatic carbocycles. The van der Waals surface area contributed by atoms with Gasteiger partial charge in [-0.1, -0.05) is 48.5 Å². The molecule has 148 valence electrons. The summed E-state index contributed by atoms with van der Waals surface area (Å²) in [7, 11) is 0. The van der Waals surface area contributed by atoms with E-state index in [2.05, 4.69) is 12.1 Å². The minimum absolute atomic E-state index is 0.134. The normalized spacial score (nSPS) is 16.5. The molecule has 1 aliphatic heterocycles. The number of para-hydroxylation sites is 1. The van der Waals surface area contributed by atoms with E-state index in [4.69, 9.17) is 9.47 Å². The van der Waals surface area contributed by atoms with Crippen molar-refractivity contribution >= 4 is 11.9 Å². The predicted molar refractivity (Wildman–Crippen MR) is 107 cm³/mol. The van der Waals surface area contributed by atoms with Crippen LogP contribution in [0.5, 0.6) is 5.75 Å². The number of nitrogens with zero attached hydrogens (tertiary/aromatic N) is 1. The number of hydrogen-bond donors (Lipinski definition) is 0. The van der Waals surface area contributed by atoms with Crippen LogP contribution in [0.15, 0.2) is 54.6 Å². The maximum atomic E-state index is 12.3. The molecule has 0 aliphatic carbocycles. The number of benzene rings is 2. The average molecular weight is 381 g/mol. The predicted octanol–water partition coefficient (Wildman–Crippen LogP) is 3.60. The van der Waals surface area contributed by atoms with Gasteiger partial charge in [-0.15, -0.1) is 0 Å². The van der Waals surface area contributed by atoms with Gasteiger partial charge in [-0.25, -0.2) is 4.79 Å². The maximum absolute atomic E-state index is 12.3. The Labute approximate surface area is 166 Å². The van der Waals surface area contributed by atoms with Gasteiger partial charge >= 0.3 is 5.97 Å². The summed E-state index contributed by atoms with van der Waals surface area (Å²) in [5, 5.41) is 0. The number of amides is 1. The number of carbonyl (C=O) groups is 2. The van der Waals surface area contributed by atoms with Crippen LogP contribution >= 0.6 is 0 Å². The number of esters is 1. The van der Waals surface area contributed by atoms with Crippen molar-refractivity contribution in [1.82, 2.24) is 4.90 Å². The van der Waals surface area contributed by atoms with Crippen LogP contribution in [0.2, 0.25) is 0 Å². The van der Waals surface area contributed by atoms with Gasteiger partial charge in [-0.3, -0.25) is 4.79 Å². The third kappa shape index (κ3) is 5.59. The summed E-state index contributed by atoms with van der Waals surface area (Å²) in [5.74, 6) is -0.0168. The fourth-order valence-corrected chi connectivity index (χ4v) is 3.48. The van der Waals surface area contributed by atoms with Crippen molar-refractivity contribution in [1.29, 1.82) is 0 Å². The van der Waals surface area contributed by atoms with E-state index in [1.807, 2.05) is 49.4 Å². The van der Waals surface area contributed by atoms with Gasteiger partial charge in [0.25, 0.3) is 5.91 Å². The Morgan fingerprint density at radius 3 is 2.54 bits per heavy atom. The van der Waals surface area contributed by atoms with Gasteiger partial charge < -0.3 is 14.4 Å². The number of piperidine rings is 1. The van der Waals surface area contributed by atoms with Crippen molar-refractivity contribution in [3.63, 3.8) is 0 Å². The highest BCUT2D eigenvalue weighted by Gasteiger charge is 2.24. The zero-order chi connectivity index (χ0) is 19.8. The highest BCUT2D eigenvalue weighted by molar-refractivity contribution is 5.81. The standard InChI is InChI=1S/C23H27NO4/c1-18-9-7-8-14-24(18)22(25)16-28-23(26)17-27-21-13-6-5-12-20(21)15-19-10-3-2-4-11-19/h2-6,10-13,18H,7-9,14-17H2,1H3. The molecule has 1 atom stereocenters. The summed E-state index contributed by atoms with van der Waals surface area (Å²) in [6.07, 6.45) is 3.87. The smallest absolute Gasteiger partial charge is 0.344 e.